The van der Waals surface area contributed by atoms with Gasteiger partial charge in [-0.1, -0.05) is 12.1 Å². The molecule has 18 heavy (non-hydrogen) atoms. The minimum Gasteiger partial charge on any atom is -0.487 e. The molecule has 4 nitrogen and oxygen atoms in total. The summed E-state index contributed by atoms with van der Waals surface area (Å²) >= 11 is 0. The summed E-state index contributed by atoms with van der Waals surface area (Å²) in [6, 6.07) is 7.48. The molecule has 0 amide bonds. The quantitative estimate of drug-likeness (QED) is 0.881. The highest BCUT2D eigenvalue weighted by atomic mass is 35.5. The van der Waals surface area contributed by atoms with Gasteiger partial charge in [0.2, 0.25) is 0 Å². The summed E-state index contributed by atoms with van der Waals surface area (Å²) in [5.41, 5.74) is 7.47. The molecule has 100 valence electrons. The molecule has 0 aliphatic rings. The molecule has 0 spiro atoms. The van der Waals surface area contributed by atoms with Gasteiger partial charge in [0.05, 0.1) is 11.9 Å². The zero-order chi connectivity index (χ0) is 11.4. The van der Waals surface area contributed by atoms with Gasteiger partial charge in [0.1, 0.15) is 12.4 Å². The lowest BCUT2D eigenvalue weighted by Crippen LogP contribution is -1.98. The Morgan fingerprint density at radius 1 is 1.28 bits per heavy atom. The first-order valence-corrected chi connectivity index (χ1v) is 5.28. The Morgan fingerprint density at radius 2 is 2.00 bits per heavy atom. The second-order valence-corrected chi connectivity index (χ2v) is 3.53. The smallest absolute Gasteiger partial charge is 0.142 e. The minimum atomic E-state index is 0. The van der Waals surface area contributed by atoms with E-state index < -0.39 is 0 Å². The van der Waals surface area contributed by atoms with Crippen molar-refractivity contribution in [1.82, 2.24) is 9.78 Å². The first-order chi connectivity index (χ1) is 7.79. The van der Waals surface area contributed by atoms with Crippen LogP contribution in [0.25, 0.3) is 0 Å². The van der Waals surface area contributed by atoms with Crippen LogP contribution in [0.15, 0.2) is 36.7 Å². The fourth-order valence-corrected chi connectivity index (χ4v) is 1.43. The topological polar surface area (TPSA) is 53.1 Å². The van der Waals surface area contributed by atoms with Crippen molar-refractivity contribution in [2.24, 2.45) is 0 Å². The molecular weight excluding hydrogens is 273 g/mol. The predicted molar refractivity (Wildman–Crippen MR) is 77.6 cm³/mol. The lowest BCUT2D eigenvalue weighted by atomic mass is 10.3. The molecule has 0 saturated heterocycles. The molecular formula is C12H17Cl2N3O. The van der Waals surface area contributed by atoms with Crippen LogP contribution in [0.3, 0.4) is 0 Å². The van der Waals surface area contributed by atoms with Gasteiger partial charge in [-0.3, -0.25) is 4.68 Å². The molecule has 0 unspecified atom stereocenters. The van der Waals surface area contributed by atoms with Crippen LogP contribution >= 0.6 is 24.8 Å². The number of hydrogen-bond donors (Lipinski definition) is 1. The molecule has 0 aliphatic heterocycles. The average molecular weight is 290 g/mol. The molecule has 0 radical (unpaired) electrons. The summed E-state index contributed by atoms with van der Waals surface area (Å²) in [6.45, 7) is 3.41. The molecule has 0 bridgehead atoms. The number of para-hydroxylation sites is 2. The summed E-state index contributed by atoms with van der Waals surface area (Å²) in [6.07, 6.45) is 3.78. The third kappa shape index (κ3) is 4.13. The van der Waals surface area contributed by atoms with E-state index in [9.17, 15) is 0 Å². The molecule has 0 atom stereocenters. The molecule has 1 heterocycles. The molecule has 1 aromatic heterocycles. The number of anilines is 1. The van der Waals surface area contributed by atoms with E-state index in [0.29, 0.717) is 18.0 Å². The van der Waals surface area contributed by atoms with Crippen LogP contribution in [0.5, 0.6) is 5.75 Å². The Balaban J connectivity index is 0.00000144. The normalized spacial score (nSPS) is 9.17. The maximum absolute atomic E-state index is 5.77. The lowest BCUT2D eigenvalue weighted by molar-refractivity contribution is 0.308. The molecule has 2 N–H and O–H groups in total. The van der Waals surface area contributed by atoms with Gasteiger partial charge in [-0.15, -0.1) is 24.8 Å². The largest absolute Gasteiger partial charge is 0.487 e. The molecule has 2 rings (SSSR count). The highest BCUT2D eigenvalue weighted by molar-refractivity contribution is 5.85. The highest BCUT2D eigenvalue weighted by Crippen LogP contribution is 2.20. The minimum absolute atomic E-state index is 0. The van der Waals surface area contributed by atoms with Crippen molar-refractivity contribution in [3.05, 3.63) is 42.2 Å². The van der Waals surface area contributed by atoms with Crippen LogP contribution in [-0.4, -0.2) is 9.78 Å². The number of halogens is 2. The van der Waals surface area contributed by atoms with Crippen LogP contribution in [-0.2, 0) is 13.2 Å². The zero-order valence-corrected chi connectivity index (χ0v) is 11.7. The fraction of sp³-hybridized carbons (Fsp3) is 0.250. The third-order valence-electron chi connectivity index (χ3n) is 2.32. The number of nitrogen functional groups attached to an aromatic ring is 1. The average Bonchev–Trinajstić information content (AvgIpc) is 2.76. The van der Waals surface area contributed by atoms with Gasteiger partial charge >= 0.3 is 0 Å². The van der Waals surface area contributed by atoms with E-state index in [-0.39, 0.29) is 24.8 Å². The molecule has 0 aliphatic carbocycles. The first-order valence-electron chi connectivity index (χ1n) is 5.28. The lowest BCUT2D eigenvalue weighted by Gasteiger charge is -2.06. The number of nitrogens with zero attached hydrogens (tertiary/aromatic N) is 2. The Hall–Kier alpha value is -1.39. The van der Waals surface area contributed by atoms with E-state index in [4.69, 9.17) is 10.5 Å². The van der Waals surface area contributed by atoms with E-state index in [1.54, 1.807) is 0 Å². The number of aromatic nitrogens is 2. The van der Waals surface area contributed by atoms with Gasteiger partial charge in [-0.05, 0) is 19.1 Å². The van der Waals surface area contributed by atoms with Crippen LogP contribution in [0.1, 0.15) is 12.5 Å². The number of hydrogen-bond acceptors (Lipinski definition) is 3. The maximum Gasteiger partial charge on any atom is 0.142 e. The van der Waals surface area contributed by atoms with Crippen molar-refractivity contribution in [3.8, 4) is 5.75 Å². The van der Waals surface area contributed by atoms with Gasteiger partial charge in [-0.2, -0.15) is 5.10 Å². The summed E-state index contributed by atoms with van der Waals surface area (Å²) in [5.74, 6) is 0.715. The number of benzene rings is 1. The third-order valence-corrected chi connectivity index (χ3v) is 2.32. The van der Waals surface area contributed by atoms with Crippen LogP contribution in [0.2, 0.25) is 0 Å². The highest BCUT2D eigenvalue weighted by Gasteiger charge is 2.01. The Bertz CT molecular complexity index is 474. The van der Waals surface area contributed by atoms with Gasteiger partial charge in [0.25, 0.3) is 0 Å². The SMILES string of the molecule is CCn1cc(COc2ccccc2N)cn1.Cl.Cl. The number of ether oxygens (including phenoxy) is 1. The summed E-state index contributed by atoms with van der Waals surface area (Å²) in [7, 11) is 0. The number of aryl methyl sites for hydroxylation is 1. The second-order valence-electron chi connectivity index (χ2n) is 3.53. The van der Waals surface area contributed by atoms with Gasteiger partial charge in [0, 0.05) is 18.3 Å². The van der Waals surface area contributed by atoms with Crippen molar-refractivity contribution in [2.45, 2.75) is 20.1 Å². The van der Waals surface area contributed by atoms with Crippen molar-refractivity contribution in [2.75, 3.05) is 5.73 Å². The van der Waals surface area contributed by atoms with Crippen LogP contribution in [0, 0.1) is 0 Å². The zero-order valence-electron chi connectivity index (χ0n) is 10.1. The van der Waals surface area contributed by atoms with E-state index in [0.717, 1.165) is 12.1 Å². The van der Waals surface area contributed by atoms with Crippen molar-refractivity contribution in [3.63, 3.8) is 0 Å². The molecule has 0 saturated carbocycles. The molecule has 0 fully saturated rings. The molecule has 2 aromatic rings. The number of rotatable bonds is 4. The predicted octanol–water partition coefficient (Wildman–Crippen LogP) is 2.91. The Kier molecular flexibility index (Phi) is 7.24. The summed E-state index contributed by atoms with van der Waals surface area (Å²) < 4.78 is 7.47. The van der Waals surface area contributed by atoms with Gasteiger partial charge < -0.3 is 10.5 Å². The number of nitrogens with two attached hydrogens (primary N) is 1. The maximum atomic E-state index is 5.77. The van der Waals surface area contributed by atoms with E-state index in [1.165, 1.54) is 0 Å². The second kappa shape index (κ2) is 7.84. The standard InChI is InChI=1S/C12H15N3O.2ClH/c1-2-15-8-10(7-14-15)9-16-12-6-4-3-5-11(12)13;;/h3-8H,2,9,13H2,1H3;2*1H. The van der Waals surface area contributed by atoms with Crippen molar-refractivity contribution < 1.29 is 4.74 Å². The molecule has 1 aromatic carbocycles. The van der Waals surface area contributed by atoms with Crippen molar-refractivity contribution >= 4 is 30.5 Å². The van der Waals surface area contributed by atoms with E-state index in [2.05, 4.69) is 5.10 Å². The fourth-order valence-electron chi connectivity index (χ4n) is 1.43. The first kappa shape index (κ1) is 16.6. The Labute approximate surface area is 119 Å². The van der Waals surface area contributed by atoms with Crippen LogP contribution < -0.4 is 10.5 Å². The monoisotopic (exact) mass is 289 g/mol. The van der Waals surface area contributed by atoms with Crippen molar-refractivity contribution in [1.29, 1.82) is 0 Å². The van der Waals surface area contributed by atoms with Crippen LogP contribution in [0.4, 0.5) is 5.69 Å². The van der Waals surface area contributed by atoms with Gasteiger partial charge in [0.15, 0.2) is 0 Å². The summed E-state index contributed by atoms with van der Waals surface area (Å²) in [4.78, 5) is 0. The Morgan fingerprint density at radius 3 is 2.61 bits per heavy atom. The summed E-state index contributed by atoms with van der Waals surface area (Å²) in [5, 5.41) is 4.17. The van der Waals surface area contributed by atoms with Gasteiger partial charge in [-0.25, -0.2) is 0 Å². The van der Waals surface area contributed by atoms with E-state index >= 15 is 0 Å². The molecule has 6 heteroatoms. The van der Waals surface area contributed by atoms with E-state index in [1.807, 2.05) is 48.3 Å².